The van der Waals surface area contributed by atoms with Gasteiger partial charge in [0, 0.05) is 10.4 Å². The first-order valence-electron chi connectivity index (χ1n) is 0.667. The van der Waals surface area contributed by atoms with Crippen molar-refractivity contribution in [3.8, 4) is 0 Å². The Morgan fingerprint density at radius 2 is 0.667 bits per heavy atom. The molecule has 0 aromatic heterocycles. The van der Waals surface area contributed by atoms with E-state index in [2.05, 4.69) is 0 Å². The second-order valence-corrected chi connectivity index (χ2v) is 1.22. The minimum absolute atomic E-state index is 0. The van der Waals surface area contributed by atoms with Gasteiger partial charge in [0.05, 0.1) is 0 Å². The van der Waals surface area contributed by atoms with Crippen LogP contribution in [0.1, 0.15) is 0 Å². The maximum atomic E-state index is 8.52. The van der Waals surface area contributed by atoms with Gasteiger partial charge in [0.15, 0.2) is 0 Å². The van der Waals surface area contributed by atoms with Crippen LogP contribution in [-0.2, 0) is 27.8 Å². The van der Waals surface area contributed by atoms with Gasteiger partial charge in [-0.1, -0.05) is 0 Å². The van der Waals surface area contributed by atoms with E-state index < -0.39 is 10.4 Å². The van der Waals surface area contributed by atoms with Crippen LogP contribution in [0.25, 0.3) is 0 Å². The fraction of sp³-hybridized carbons (Fsp3) is 0. The van der Waals surface area contributed by atoms with Crippen molar-refractivity contribution in [3.63, 3.8) is 0 Å². The van der Waals surface area contributed by atoms with Crippen LogP contribution in [0, 0.1) is 0 Å². The Morgan fingerprint density at radius 1 is 0.667 bits per heavy atom. The van der Waals surface area contributed by atoms with E-state index >= 15 is 0 Å². The predicted molar refractivity (Wildman–Crippen MR) is 32.2 cm³/mol. The Kier molecular flexibility index (Phi) is 221. The van der Waals surface area contributed by atoms with E-state index in [4.69, 9.17) is 17.5 Å². The Balaban J connectivity index is -0.00000000381. The summed E-state index contributed by atoms with van der Waals surface area (Å²) in [6.07, 6.45) is 0. The first-order chi connectivity index (χ1) is 2.00. The standard InChI is InChI=1S/Cr.H2O4S.6H2O/c;1-5(2,3)4;;;;;;/h;(H2,1,2,3,4);6*1H2/q+3;;;;;;;/p-2. The molecule has 0 aromatic carbocycles. The average Bonchev–Trinajstić information content (AvgIpc) is 0.722. The van der Waals surface area contributed by atoms with E-state index in [-0.39, 0.29) is 50.2 Å². The first-order valence-corrected chi connectivity index (χ1v) is 2.00. The normalized spacial score (nSPS) is 4.83. The van der Waals surface area contributed by atoms with Crippen molar-refractivity contribution in [2.24, 2.45) is 0 Å². The van der Waals surface area contributed by atoms with Crippen molar-refractivity contribution in [3.05, 3.63) is 0 Å². The molecular formula is H12CrO10S+. The van der Waals surface area contributed by atoms with E-state index in [0.717, 1.165) is 0 Å². The molecule has 1 radical (unpaired) electrons. The largest absolute Gasteiger partial charge is 3.00 e. The summed E-state index contributed by atoms with van der Waals surface area (Å²) in [5, 5.41) is 0. The quantitative estimate of drug-likeness (QED) is 0.301. The minimum atomic E-state index is -5.17. The van der Waals surface area contributed by atoms with Crippen LogP contribution < -0.4 is 0 Å². The number of hydrogen-bond donors (Lipinski definition) is 0. The Bertz CT molecular complexity index is 93.0. The predicted octanol–water partition coefficient (Wildman–Crippen LogP) is -6.29. The SMILES string of the molecule is O.O.O.O.O.O.O=S(=O)([O-])[O-].[Cr+3]. The molecule has 0 fully saturated rings. The molecule has 12 heteroatoms. The number of rotatable bonds is 0. The van der Waals surface area contributed by atoms with Gasteiger partial charge in [0.25, 0.3) is 0 Å². The third kappa shape index (κ3) is 32300. The van der Waals surface area contributed by atoms with Crippen LogP contribution in [0.15, 0.2) is 0 Å². The zero-order valence-electron chi connectivity index (χ0n) is 5.45. The van der Waals surface area contributed by atoms with E-state index in [9.17, 15) is 0 Å². The van der Waals surface area contributed by atoms with Gasteiger partial charge in [0.1, 0.15) is 0 Å². The van der Waals surface area contributed by atoms with Gasteiger partial charge in [-0.05, 0) is 0 Å². The van der Waals surface area contributed by atoms with Crippen molar-refractivity contribution >= 4 is 10.4 Å². The summed E-state index contributed by atoms with van der Waals surface area (Å²) < 4.78 is 34.1. The third-order valence-corrected chi connectivity index (χ3v) is 0. The van der Waals surface area contributed by atoms with E-state index in [0.29, 0.717) is 0 Å². The maximum absolute atomic E-state index is 8.52. The fourth-order valence-corrected chi connectivity index (χ4v) is 0. The summed E-state index contributed by atoms with van der Waals surface area (Å²) in [6.45, 7) is 0. The second kappa shape index (κ2) is 30.4. The topological polar surface area (TPSA) is 269 Å². The molecule has 12 heavy (non-hydrogen) atoms. The summed E-state index contributed by atoms with van der Waals surface area (Å²) >= 11 is 0. The monoisotopic (exact) mass is 256 g/mol. The van der Waals surface area contributed by atoms with Gasteiger partial charge in [-0.2, -0.15) is 0 Å². The Morgan fingerprint density at radius 3 is 0.667 bits per heavy atom. The van der Waals surface area contributed by atoms with Crippen LogP contribution in [0.5, 0.6) is 0 Å². The van der Waals surface area contributed by atoms with Crippen LogP contribution in [-0.4, -0.2) is 50.4 Å². The molecule has 10 nitrogen and oxygen atoms in total. The van der Waals surface area contributed by atoms with E-state index in [1.807, 2.05) is 0 Å². The van der Waals surface area contributed by atoms with Gasteiger partial charge in [-0.25, -0.2) is 0 Å². The van der Waals surface area contributed by atoms with E-state index in [1.54, 1.807) is 0 Å². The smallest absolute Gasteiger partial charge is 0.759 e. The van der Waals surface area contributed by atoms with Crippen LogP contribution in [0.4, 0.5) is 0 Å². The summed E-state index contributed by atoms with van der Waals surface area (Å²) in [7, 11) is -5.17. The molecule has 0 aliphatic rings. The summed E-state index contributed by atoms with van der Waals surface area (Å²) in [5.41, 5.74) is 0. The van der Waals surface area contributed by atoms with Gasteiger partial charge in [-0.3, -0.25) is 8.42 Å². The molecule has 0 saturated carbocycles. The van der Waals surface area contributed by atoms with Crippen LogP contribution in [0.3, 0.4) is 0 Å². The minimum Gasteiger partial charge on any atom is -0.759 e. The second-order valence-electron chi connectivity index (χ2n) is 0.408. The molecule has 0 aliphatic carbocycles. The molecule has 0 aliphatic heterocycles. The summed E-state index contributed by atoms with van der Waals surface area (Å²) in [5.74, 6) is 0. The van der Waals surface area contributed by atoms with E-state index in [1.165, 1.54) is 0 Å². The van der Waals surface area contributed by atoms with Crippen molar-refractivity contribution in [2.45, 2.75) is 0 Å². The molecule has 0 heterocycles. The van der Waals surface area contributed by atoms with Crippen LogP contribution >= 0.6 is 0 Å². The van der Waals surface area contributed by atoms with Crippen molar-refractivity contribution in [2.75, 3.05) is 0 Å². The summed E-state index contributed by atoms with van der Waals surface area (Å²) in [6, 6.07) is 0. The molecule has 0 bridgehead atoms. The average molecular weight is 256 g/mol. The van der Waals surface area contributed by atoms with Crippen molar-refractivity contribution in [1.29, 1.82) is 0 Å². The zero-order chi connectivity index (χ0) is 4.50. The molecule has 12 N–H and O–H groups in total. The van der Waals surface area contributed by atoms with Crippen molar-refractivity contribution in [1.82, 2.24) is 0 Å². The van der Waals surface area contributed by atoms with Gasteiger partial charge in [0.2, 0.25) is 0 Å². The van der Waals surface area contributed by atoms with Gasteiger partial charge >= 0.3 is 17.4 Å². The van der Waals surface area contributed by atoms with Gasteiger partial charge < -0.3 is 42.0 Å². The maximum Gasteiger partial charge on any atom is 3.00 e. The molecule has 0 spiro atoms. The molecule has 0 saturated heterocycles. The molecular weight excluding hydrogens is 244 g/mol. The molecule has 83 valence electrons. The Labute approximate surface area is 78.8 Å². The molecule has 0 amide bonds. The molecule has 0 rings (SSSR count). The fourth-order valence-electron chi connectivity index (χ4n) is 0. The van der Waals surface area contributed by atoms with Crippen molar-refractivity contribution < 1.29 is 67.7 Å². The first kappa shape index (κ1) is 87.5. The molecule has 0 unspecified atom stereocenters. The molecule has 0 aromatic rings. The van der Waals surface area contributed by atoms with Crippen LogP contribution in [0.2, 0.25) is 0 Å². The zero-order valence-corrected chi connectivity index (χ0v) is 7.54. The molecule has 0 atom stereocenters. The van der Waals surface area contributed by atoms with Gasteiger partial charge in [-0.15, -0.1) is 0 Å². The number of hydrogen-bond acceptors (Lipinski definition) is 4. The third-order valence-electron chi connectivity index (χ3n) is 0. The summed E-state index contributed by atoms with van der Waals surface area (Å²) in [4.78, 5) is 0. The Hall–Kier alpha value is 0.162.